The van der Waals surface area contributed by atoms with Crippen LogP contribution in [0.2, 0.25) is 0 Å². The Kier molecular flexibility index (Phi) is 4.43. The van der Waals surface area contributed by atoms with Gasteiger partial charge in [0, 0.05) is 13.1 Å². The highest BCUT2D eigenvalue weighted by Gasteiger charge is 2.31. The zero-order valence-electron chi connectivity index (χ0n) is 11.4. The monoisotopic (exact) mass is 297 g/mol. The fraction of sp³-hybridized carbons (Fsp3) is 0.583. The summed E-state index contributed by atoms with van der Waals surface area (Å²) in [6.07, 6.45) is 3.92. The molecule has 1 aliphatic carbocycles. The highest BCUT2D eigenvalue weighted by atomic mass is 32.1. The van der Waals surface area contributed by atoms with E-state index in [1.54, 1.807) is 11.9 Å². The molecule has 0 atom stereocenters. The SMILES string of the molecule is CNc1nc(N)c(C(=O)N(CC(N)=O)C2CCCC2)s1. The molecule has 1 aromatic heterocycles. The van der Waals surface area contributed by atoms with Crippen molar-refractivity contribution >= 4 is 34.1 Å². The summed E-state index contributed by atoms with van der Waals surface area (Å²) in [5.74, 6) is -0.578. The van der Waals surface area contributed by atoms with E-state index in [1.807, 2.05) is 0 Å². The first-order chi connectivity index (χ1) is 9.52. The minimum atomic E-state index is -0.512. The first kappa shape index (κ1) is 14.6. The number of amides is 2. The summed E-state index contributed by atoms with van der Waals surface area (Å²) < 4.78 is 0. The molecule has 2 rings (SSSR count). The predicted octanol–water partition coefficient (Wildman–Crippen LogP) is 0.637. The molecule has 0 unspecified atom stereocenters. The second-order valence-electron chi connectivity index (χ2n) is 4.82. The molecule has 8 heteroatoms. The van der Waals surface area contributed by atoms with Crippen molar-refractivity contribution in [1.82, 2.24) is 9.88 Å². The van der Waals surface area contributed by atoms with E-state index in [0.717, 1.165) is 25.7 Å². The number of nitrogen functional groups attached to an aromatic ring is 1. The van der Waals surface area contributed by atoms with Gasteiger partial charge >= 0.3 is 0 Å². The van der Waals surface area contributed by atoms with Crippen LogP contribution in [-0.4, -0.2) is 41.3 Å². The molecular formula is C12H19N5O2S. The van der Waals surface area contributed by atoms with Gasteiger partial charge in [0.25, 0.3) is 5.91 Å². The third-order valence-corrected chi connectivity index (χ3v) is 4.49. The number of carbonyl (C=O) groups excluding carboxylic acids is 2. The van der Waals surface area contributed by atoms with Crippen LogP contribution in [0.15, 0.2) is 0 Å². The molecule has 0 spiro atoms. The van der Waals surface area contributed by atoms with E-state index in [0.29, 0.717) is 10.0 Å². The number of nitrogens with zero attached hydrogens (tertiary/aromatic N) is 2. The average Bonchev–Trinajstić information content (AvgIpc) is 3.04. The zero-order valence-corrected chi connectivity index (χ0v) is 12.2. The topological polar surface area (TPSA) is 114 Å². The van der Waals surface area contributed by atoms with Gasteiger partial charge in [0.05, 0.1) is 6.54 Å². The van der Waals surface area contributed by atoms with Gasteiger partial charge in [-0.15, -0.1) is 0 Å². The van der Waals surface area contributed by atoms with E-state index in [4.69, 9.17) is 11.5 Å². The molecule has 20 heavy (non-hydrogen) atoms. The van der Waals surface area contributed by atoms with Crippen molar-refractivity contribution in [2.75, 3.05) is 24.6 Å². The highest BCUT2D eigenvalue weighted by molar-refractivity contribution is 7.18. The second-order valence-corrected chi connectivity index (χ2v) is 5.82. The standard InChI is InChI=1S/C12H19N5O2S/c1-15-12-16-10(14)9(20-12)11(19)17(6-8(13)18)7-4-2-3-5-7/h7H,2-6,14H2,1H3,(H2,13,18)(H,15,16). The Morgan fingerprint density at radius 2 is 2.10 bits per heavy atom. The van der Waals surface area contributed by atoms with Gasteiger partial charge in [0.2, 0.25) is 5.91 Å². The number of anilines is 2. The van der Waals surface area contributed by atoms with Crippen molar-refractivity contribution in [2.24, 2.45) is 5.73 Å². The van der Waals surface area contributed by atoms with Crippen molar-refractivity contribution < 1.29 is 9.59 Å². The summed E-state index contributed by atoms with van der Waals surface area (Å²) in [6, 6.07) is 0.0644. The number of hydrogen-bond donors (Lipinski definition) is 3. The third kappa shape index (κ3) is 3.01. The van der Waals surface area contributed by atoms with Gasteiger partial charge in [-0.3, -0.25) is 9.59 Å². The van der Waals surface area contributed by atoms with Crippen molar-refractivity contribution in [2.45, 2.75) is 31.7 Å². The van der Waals surface area contributed by atoms with Gasteiger partial charge in [-0.1, -0.05) is 24.2 Å². The summed E-state index contributed by atoms with van der Waals surface area (Å²) in [5.41, 5.74) is 11.0. The smallest absolute Gasteiger partial charge is 0.268 e. The average molecular weight is 297 g/mol. The van der Waals surface area contributed by atoms with Crippen LogP contribution >= 0.6 is 11.3 Å². The first-order valence-corrected chi connectivity index (χ1v) is 7.38. The zero-order chi connectivity index (χ0) is 14.7. The Morgan fingerprint density at radius 1 is 1.45 bits per heavy atom. The van der Waals surface area contributed by atoms with Crippen LogP contribution in [0.3, 0.4) is 0 Å². The molecule has 1 aliphatic rings. The minimum absolute atomic E-state index is 0.0644. The largest absolute Gasteiger partial charge is 0.382 e. The number of nitrogens with one attached hydrogen (secondary N) is 1. The van der Waals surface area contributed by atoms with E-state index < -0.39 is 5.91 Å². The summed E-state index contributed by atoms with van der Waals surface area (Å²) in [4.78, 5) is 29.8. The maximum atomic E-state index is 12.6. The van der Waals surface area contributed by atoms with Gasteiger partial charge in [0.1, 0.15) is 10.7 Å². The Balaban J connectivity index is 2.24. The molecule has 0 radical (unpaired) electrons. The van der Waals surface area contributed by atoms with Crippen LogP contribution in [0, 0.1) is 0 Å². The number of thiazole rings is 1. The number of rotatable bonds is 5. The van der Waals surface area contributed by atoms with Crippen molar-refractivity contribution in [3.05, 3.63) is 4.88 Å². The Morgan fingerprint density at radius 3 is 2.60 bits per heavy atom. The lowest BCUT2D eigenvalue weighted by atomic mass is 10.2. The Labute approximate surface area is 121 Å². The molecule has 1 aromatic rings. The molecule has 1 saturated carbocycles. The van der Waals surface area contributed by atoms with E-state index in [-0.39, 0.29) is 24.3 Å². The van der Waals surface area contributed by atoms with Gasteiger partial charge in [-0.2, -0.15) is 0 Å². The summed E-state index contributed by atoms with van der Waals surface area (Å²) >= 11 is 1.19. The van der Waals surface area contributed by atoms with Crippen LogP contribution in [-0.2, 0) is 4.79 Å². The Bertz CT molecular complexity index is 510. The molecule has 0 saturated heterocycles. The summed E-state index contributed by atoms with van der Waals surface area (Å²) in [6.45, 7) is -0.0737. The van der Waals surface area contributed by atoms with Crippen LogP contribution in [0.4, 0.5) is 10.9 Å². The fourth-order valence-electron chi connectivity index (χ4n) is 2.47. The number of nitrogens with two attached hydrogens (primary N) is 2. The second kappa shape index (κ2) is 6.08. The maximum Gasteiger partial charge on any atom is 0.268 e. The number of hydrogen-bond acceptors (Lipinski definition) is 6. The van der Waals surface area contributed by atoms with Crippen LogP contribution in [0.1, 0.15) is 35.4 Å². The molecule has 1 heterocycles. The normalized spacial score (nSPS) is 15.2. The van der Waals surface area contributed by atoms with Crippen LogP contribution in [0.5, 0.6) is 0 Å². The summed E-state index contributed by atoms with van der Waals surface area (Å²) in [5, 5.41) is 3.44. The van der Waals surface area contributed by atoms with E-state index in [9.17, 15) is 9.59 Å². The number of aromatic nitrogens is 1. The lowest BCUT2D eigenvalue weighted by molar-refractivity contribution is -0.119. The molecule has 0 aliphatic heterocycles. The van der Waals surface area contributed by atoms with Crippen molar-refractivity contribution in [1.29, 1.82) is 0 Å². The predicted molar refractivity (Wildman–Crippen MR) is 78.6 cm³/mol. The summed E-state index contributed by atoms with van der Waals surface area (Å²) in [7, 11) is 1.71. The minimum Gasteiger partial charge on any atom is -0.382 e. The van der Waals surface area contributed by atoms with E-state index in [2.05, 4.69) is 10.3 Å². The van der Waals surface area contributed by atoms with Crippen LogP contribution < -0.4 is 16.8 Å². The molecule has 0 aromatic carbocycles. The van der Waals surface area contributed by atoms with Crippen LogP contribution in [0.25, 0.3) is 0 Å². The highest BCUT2D eigenvalue weighted by Crippen LogP contribution is 2.30. The van der Waals surface area contributed by atoms with Gasteiger partial charge in [0.15, 0.2) is 5.13 Å². The quantitative estimate of drug-likeness (QED) is 0.737. The molecular weight excluding hydrogens is 278 g/mol. The molecule has 7 nitrogen and oxygen atoms in total. The lowest BCUT2D eigenvalue weighted by Gasteiger charge is -2.27. The van der Waals surface area contributed by atoms with Crippen molar-refractivity contribution in [3.63, 3.8) is 0 Å². The first-order valence-electron chi connectivity index (χ1n) is 6.56. The fourth-order valence-corrected chi connectivity index (χ4v) is 3.27. The Hall–Kier alpha value is -1.83. The maximum absolute atomic E-state index is 12.6. The molecule has 110 valence electrons. The van der Waals surface area contributed by atoms with Gasteiger partial charge in [-0.25, -0.2) is 4.98 Å². The molecule has 1 fully saturated rings. The van der Waals surface area contributed by atoms with E-state index in [1.165, 1.54) is 11.3 Å². The molecule has 2 amide bonds. The lowest BCUT2D eigenvalue weighted by Crippen LogP contribution is -2.44. The van der Waals surface area contributed by atoms with E-state index >= 15 is 0 Å². The molecule has 0 bridgehead atoms. The molecule has 5 N–H and O–H groups in total. The number of carbonyl (C=O) groups is 2. The number of primary amides is 1. The van der Waals surface area contributed by atoms with Crippen molar-refractivity contribution in [3.8, 4) is 0 Å². The van der Waals surface area contributed by atoms with Gasteiger partial charge < -0.3 is 21.7 Å². The third-order valence-electron chi connectivity index (χ3n) is 3.41. The van der Waals surface area contributed by atoms with Gasteiger partial charge in [-0.05, 0) is 12.8 Å².